The van der Waals surface area contributed by atoms with E-state index in [-0.39, 0.29) is 35.9 Å². The van der Waals surface area contributed by atoms with Crippen LogP contribution >= 0.6 is 24.0 Å². The van der Waals surface area contributed by atoms with E-state index in [1.54, 1.807) is 4.90 Å². The Morgan fingerprint density at radius 3 is 2.69 bits per heavy atom. The molecule has 2 aliphatic rings. The number of carbonyl (C=O) groups is 1. The van der Waals surface area contributed by atoms with Crippen molar-refractivity contribution in [2.24, 2.45) is 10.9 Å². The zero-order valence-corrected chi connectivity index (χ0v) is 19.1. The first-order valence-corrected chi connectivity index (χ1v) is 9.47. The molecule has 2 heterocycles. The molecule has 2 saturated heterocycles. The maximum atomic E-state index is 12.2. The lowest BCUT2D eigenvalue weighted by Crippen LogP contribution is -2.44. The molecule has 0 spiro atoms. The maximum Gasteiger partial charge on any atom is 0.239 e. The van der Waals surface area contributed by atoms with Gasteiger partial charge >= 0.3 is 0 Å². The zero-order valence-electron chi connectivity index (χ0n) is 16.7. The molecule has 0 aromatic carbocycles. The number of ether oxygens (including phenoxy) is 1. The maximum absolute atomic E-state index is 12.2. The molecule has 0 radical (unpaired) electrons. The van der Waals surface area contributed by atoms with Crippen LogP contribution in [-0.2, 0) is 9.53 Å². The molecule has 2 unspecified atom stereocenters. The number of rotatable bonds is 7. The Morgan fingerprint density at radius 1 is 1.31 bits per heavy atom. The van der Waals surface area contributed by atoms with Crippen LogP contribution in [0.3, 0.4) is 0 Å². The summed E-state index contributed by atoms with van der Waals surface area (Å²) >= 11 is 0. The lowest BCUT2D eigenvalue weighted by atomic mass is 10.1. The van der Waals surface area contributed by atoms with Gasteiger partial charge in [0.05, 0.1) is 12.6 Å². The number of aliphatic imine (C=N–C) groups is 1. The molecule has 1 N–H and O–H groups in total. The second-order valence-electron chi connectivity index (χ2n) is 7.36. The van der Waals surface area contributed by atoms with Crippen LogP contribution in [0.5, 0.6) is 0 Å². The Kier molecular flexibility index (Phi) is 10.8. The van der Waals surface area contributed by atoms with Crippen LogP contribution in [0.15, 0.2) is 4.99 Å². The van der Waals surface area contributed by atoms with E-state index in [4.69, 9.17) is 4.74 Å². The fourth-order valence-electron chi connectivity index (χ4n) is 3.74. The van der Waals surface area contributed by atoms with Gasteiger partial charge in [0.15, 0.2) is 5.96 Å². The highest BCUT2D eigenvalue weighted by Gasteiger charge is 2.31. The van der Waals surface area contributed by atoms with E-state index in [1.165, 1.54) is 0 Å². The van der Waals surface area contributed by atoms with Crippen molar-refractivity contribution in [3.8, 4) is 0 Å². The van der Waals surface area contributed by atoms with Crippen molar-refractivity contribution < 1.29 is 9.53 Å². The molecule has 0 aromatic heterocycles. The smallest absolute Gasteiger partial charge is 0.239 e. The van der Waals surface area contributed by atoms with Crippen molar-refractivity contribution in [3.05, 3.63) is 0 Å². The van der Waals surface area contributed by atoms with E-state index in [9.17, 15) is 4.79 Å². The fourth-order valence-corrected chi connectivity index (χ4v) is 3.74. The van der Waals surface area contributed by atoms with Crippen LogP contribution in [0, 0.1) is 5.92 Å². The van der Waals surface area contributed by atoms with Crippen molar-refractivity contribution in [1.82, 2.24) is 20.0 Å². The Hall–Kier alpha value is -0.610. The Morgan fingerprint density at radius 2 is 2.08 bits per heavy atom. The summed E-state index contributed by atoms with van der Waals surface area (Å²) in [5.41, 5.74) is 0. The van der Waals surface area contributed by atoms with E-state index < -0.39 is 0 Å². The SMILES string of the molecule is CN=C(NCCCN1CCCC1C(=O)N(C)C)N(C)CC1CCOC1.I. The summed E-state index contributed by atoms with van der Waals surface area (Å²) in [7, 11) is 7.60. The third kappa shape index (κ3) is 6.84. The summed E-state index contributed by atoms with van der Waals surface area (Å²) < 4.78 is 5.45. The predicted molar refractivity (Wildman–Crippen MR) is 116 cm³/mol. The minimum Gasteiger partial charge on any atom is -0.381 e. The van der Waals surface area contributed by atoms with Gasteiger partial charge in [0, 0.05) is 60.3 Å². The molecule has 7 nitrogen and oxygen atoms in total. The highest BCUT2D eigenvalue weighted by molar-refractivity contribution is 14.0. The van der Waals surface area contributed by atoms with Crippen molar-refractivity contribution in [1.29, 1.82) is 0 Å². The van der Waals surface area contributed by atoms with Crippen molar-refractivity contribution in [2.45, 2.75) is 31.7 Å². The number of likely N-dealkylation sites (N-methyl/N-ethyl adjacent to an activating group) is 1. The number of amides is 1. The van der Waals surface area contributed by atoms with Crippen molar-refractivity contribution in [3.63, 3.8) is 0 Å². The molecule has 0 aliphatic carbocycles. The molecule has 2 fully saturated rings. The molecule has 0 bridgehead atoms. The minimum atomic E-state index is 0. The van der Waals surface area contributed by atoms with E-state index in [2.05, 4.69) is 27.2 Å². The van der Waals surface area contributed by atoms with E-state index in [1.807, 2.05) is 21.1 Å². The second-order valence-corrected chi connectivity index (χ2v) is 7.36. The number of nitrogens with one attached hydrogen (secondary N) is 1. The first-order valence-electron chi connectivity index (χ1n) is 9.47. The van der Waals surface area contributed by atoms with E-state index >= 15 is 0 Å². The van der Waals surface area contributed by atoms with E-state index in [0.29, 0.717) is 5.92 Å². The molecule has 0 saturated carbocycles. The molecular formula is C18H36IN5O2. The fraction of sp³-hybridized carbons (Fsp3) is 0.889. The van der Waals surface area contributed by atoms with Crippen LogP contribution in [-0.4, -0.2) is 100 Å². The number of carbonyl (C=O) groups excluding carboxylic acids is 1. The van der Waals surface area contributed by atoms with Gasteiger partial charge in [0.25, 0.3) is 0 Å². The number of hydrogen-bond acceptors (Lipinski definition) is 4. The molecule has 2 atom stereocenters. The third-order valence-electron chi connectivity index (χ3n) is 5.12. The van der Waals surface area contributed by atoms with Gasteiger partial charge in [-0.05, 0) is 32.2 Å². The first-order chi connectivity index (χ1) is 12.0. The molecular weight excluding hydrogens is 445 g/mol. The van der Waals surface area contributed by atoms with Gasteiger partial charge in [0.2, 0.25) is 5.91 Å². The normalized spacial score (nSPS) is 23.6. The number of nitrogens with zero attached hydrogens (tertiary/aromatic N) is 4. The zero-order chi connectivity index (χ0) is 18.2. The Labute approximate surface area is 175 Å². The molecule has 0 aromatic rings. The molecule has 2 rings (SSSR count). The van der Waals surface area contributed by atoms with Crippen LogP contribution in [0.2, 0.25) is 0 Å². The molecule has 26 heavy (non-hydrogen) atoms. The van der Waals surface area contributed by atoms with Crippen molar-refractivity contribution in [2.75, 3.05) is 67.6 Å². The van der Waals surface area contributed by atoms with Gasteiger partial charge < -0.3 is 19.9 Å². The summed E-state index contributed by atoms with van der Waals surface area (Å²) in [6, 6.07) is 0.0688. The standard InChI is InChI=1S/C18H35N5O2.HI/c1-19-18(22(4)13-15-8-12-25-14-15)20-9-6-11-23-10-5-7-16(23)17(24)21(2)3;/h15-16H,5-14H2,1-4H3,(H,19,20);1H. The summed E-state index contributed by atoms with van der Waals surface area (Å²) in [5, 5.41) is 3.45. The van der Waals surface area contributed by atoms with Crippen molar-refractivity contribution >= 4 is 35.8 Å². The van der Waals surface area contributed by atoms with Crippen LogP contribution in [0.25, 0.3) is 0 Å². The lowest BCUT2D eigenvalue weighted by Gasteiger charge is -2.27. The van der Waals surface area contributed by atoms with Crippen LogP contribution in [0.1, 0.15) is 25.7 Å². The van der Waals surface area contributed by atoms with Crippen LogP contribution < -0.4 is 5.32 Å². The number of guanidine groups is 1. The molecule has 8 heteroatoms. The lowest BCUT2D eigenvalue weighted by molar-refractivity contribution is -0.133. The second kappa shape index (κ2) is 12.0. The van der Waals surface area contributed by atoms with Crippen LogP contribution in [0.4, 0.5) is 0 Å². The van der Waals surface area contributed by atoms with Gasteiger partial charge in [0.1, 0.15) is 0 Å². The van der Waals surface area contributed by atoms with Gasteiger partial charge in [-0.1, -0.05) is 0 Å². The van der Waals surface area contributed by atoms with Gasteiger partial charge in [-0.2, -0.15) is 0 Å². The summed E-state index contributed by atoms with van der Waals surface area (Å²) in [4.78, 5) is 22.8. The molecule has 152 valence electrons. The minimum absolute atomic E-state index is 0. The van der Waals surface area contributed by atoms with Gasteiger partial charge in [-0.15, -0.1) is 24.0 Å². The van der Waals surface area contributed by atoms with Gasteiger partial charge in [-0.25, -0.2) is 0 Å². The number of halogens is 1. The average Bonchev–Trinajstić information content (AvgIpc) is 3.25. The predicted octanol–water partition coefficient (Wildman–Crippen LogP) is 1.09. The topological polar surface area (TPSA) is 60.4 Å². The average molecular weight is 481 g/mol. The van der Waals surface area contributed by atoms with E-state index in [0.717, 1.165) is 71.0 Å². The highest BCUT2D eigenvalue weighted by Crippen LogP contribution is 2.18. The Balaban J connectivity index is 0.00000338. The highest BCUT2D eigenvalue weighted by atomic mass is 127. The summed E-state index contributed by atoms with van der Waals surface area (Å²) in [5.74, 6) is 1.78. The largest absolute Gasteiger partial charge is 0.381 e. The Bertz CT molecular complexity index is 455. The molecule has 1 amide bonds. The quantitative estimate of drug-likeness (QED) is 0.256. The first kappa shape index (κ1) is 23.4. The third-order valence-corrected chi connectivity index (χ3v) is 5.12. The van der Waals surface area contributed by atoms with Gasteiger partial charge in [-0.3, -0.25) is 14.7 Å². The number of hydrogen-bond donors (Lipinski definition) is 1. The monoisotopic (exact) mass is 481 g/mol. The molecule has 2 aliphatic heterocycles. The summed E-state index contributed by atoms with van der Waals surface area (Å²) in [6.45, 7) is 5.57. The summed E-state index contributed by atoms with van der Waals surface area (Å²) in [6.07, 6.45) is 4.25. The number of likely N-dealkylation sites (tertiary alicyclic amines) is 1.